The lowest BCUT2D eigenvalue weighted by Gasteiger charge is -2.05. The first-order valence-electron chi connectivity index (χ1n) is 6.91. The summed E-state index contributed by atoms with van der Waals surface area (Å²) in [5, 5.41) is 5.34. The second kappa shape index (κ2) is 5.40. The van der Waals surface area contributed by atoms with E-state index in [1.807, 2.05) is 41.9 Å². The molecule has 0 atom stereocenters. The molecule has 2 aromatic carbocycles. The van der Waals surface area contributed by atoms with Gasteiger partial charge >= 0.3 is 5.97 Å². The summed E-state index contributed by atoms with van der Waals surface area (Å²) in [6.07, 6.45) is 1.76. The number of fused-ring (bicyclic) bond motifs is 1. The lowest BCUT2D eigenvalue weighted by molar-refractivity contribution is 0.0526. The minimum Gasteiger partial charge on any atom is -0.462 e. The molecule has 0 spiro atoms. The van der Waals surface area contributed by atoms with Gasteiger partial charge in [-0.3, -0.25) is 0 Å². The van der Waals surface area contributed by atoms with Gasteiger partial charge in [0.25, 0.3) is 0 Å². The van der Waals surface area contributed by atoms with Crippen LogP contribution in [0.3, 0.4) is 0 Å². The first kappa shape index (κ1) is 13.4. The van der Waals surface area contributed by atoms with Gasteiger partial charge in [0, 0.05) is 5.39 Å². The molecular formula is C17H16N2O2. The van der Waals surface area contributed by atoms with Gasteiger partial charge in [-0.15, -0.1) is 0 Å². The molecule has 0 aliphatic carbocycles. The molecule has 0 aliphatic heterocycles. The molecule has 0 unspecified atom stereocenters. The molecule has 3 rings (SSSR count). The largest absolute Gasteiger partial charge is 0.462 e. The summed E-state index contributed by atoms with van der Waals surface area (Å²) >= 11 is 0. The van der Waals surface area contributed by atoms with Crippen molar-refractivity contribution in [3.63, 3.8) is 0 Å². The molecule has 0 aliphatic rings. The van der Waals surface area contributed by atoms with Gasteiger partial charge in [-0.25, -0.2) is 9.48 Å². The minimum absolute atomic E-state index is 0.303. The van der Waals surface area contributed by atoms with E-state index in [-0.39, 0.29) is 5.97 Å². The highest BCUT2D eigenvalue weighted by Crippen LogP contribution is 2.20. The summed E-state index contributed by atoms with van der Waals surface area (Å²) in [6, 6.07) is 13.6. The zero-order chi connectivity index (χ0) is 14.8. The predicted molar refractivity (Wildman–Crippen MR) is 81.8 cm³/mol. The van der Waals surface area contributed by atoms with E-state index in [2.05, 4.69) is 11.2 Å². The average molecular weight is 280 g/mol. The Morgan fingerprint density at radius 1 is 1.24 bits per heavy atom. The average Bonchev–Trinajstić information content (AvgIpc) is 2.90. The number of rotatable bonds is 3. The van der Waals surface area contributed by atoms with Crippen LogP contribution in [0, 0.1) is 6.92 Å². The van der Waals surface area contributed by atoms with Crippen LogP contribution in [-0.4, -0.2) is 22.4 Å². The molecule has 0 N–H and O–H groups in total. The fraction of sp³-hybridized carbons (Fsp3) is 0.176. The maximum absolute atomic E-state index is 11.8. The molecular weight excluding hydrogens is 264 g/mol. The Bertz CT molecular complexity index is 805. The predicted octanol–water partition coefficient (Wildman–Crippen LogP) is 3.51. The number of aryl methyl sites for hydroxylation is 1. The first-order valence-corrected chi connectivity index (χ1v) is 6.91. The highest BCUT2D eigenvalue weighted by Gasteiger charge is 2.10. The number of hydrogen-bond acceptors (Lipinski definition) is 3. The zero-order valence-corrected chi connectivity index (χ0v) is 12.0. The van der Waals surface area contributed by atoms with Gasteiger partial charge in [0.15, 0.2) is 0 Å². The summed E-state index contributed by atoms with van der Waals surface area (Å²) in [6.45, 7) is 4.22. The third-order valence-corrected chi connectivity index (χ3v) is 3.33. The maximum Gasteiger partial charge on any atom is 0.338 e. The van der Waals surface area contributed by atoms with Crippen molar-refractivity contribution in [3.8, 4) is 5.69 Å². The molecule has 4 heteroatoms. The number of ether oxygens (including phenoxy) is 1. The number of hydrogen-bond donors (Lipinski definition) is 0. The van der Waals surface area contributed by atoms with Gasteiger partial charge in [-0.05, 0) is 49.7 Å². The van der Waals surface area contributed by atoms with Crippen LogP contribution < -0.4 is 0 Å². The molecule has 21 heavy (non-hydrogen) atoms. The normalized spacial score (nSPS) is 10.8. The molecule has 0 radical (unpaired) electrons. The SMILES string of the molecule is CCOC(=O)c1ccc2c(cnn2-c2cccc(C)c2)c1. The van der Waals surface area contributed by atoms with E-state index in [0.29, 0.717) is 12.2 Å². The molecule has 0 saturated carbocycles. The van der Waals surface area contributed by atoms with E-state index >= 15 is 0 Å². The van der Waals surface area contributed by atoms with Gasteiger partial charge in [0.05, 0.1) is 29.6 Å². The van der Waals surface area contributed by atoms with Crippen LogP contribution in [0.15, 0.2) is 48.7 Å². The number of nitrogens with zero attached hydrogens (tertiary/aromatic N) is 2. The van der Waals surface area contributed by atoms with E-state index < -0.39 is 0 Å². The van der Waals surface area contributed by atoms with Crippen LogP contribution in [0.25, 0.3) is 16.6 Å². The van der Waals surface area contributed by atoms with Gasteiger partial charge in [0.1, 0.15) is 0 Å². The van der Waals surface area contributed by atoms with E-state index in [0.717, 1.165) is 16.6 Å². The first-order chi connectivity index (χ1) is 10.2. The number of benzene rings is 2. The van der Waals surface area contributed by atoms with Crippen LogP contribution in [-0.2, 0) is 4.74 Å². The van der Waals surface area contributed by atoms with Crippen molar-refractivity contribution in [2.75, 3.05) is 6.61 Å². The van der Waals surface area contributed by atoms with Gasteiger partial charge in [0.2, 0.25) is 0 Å². The van der Waals surface area contributed by atoms with Crippen molar-refractivity contribution in [3.05, 3.63) is 59.8 Å². The Morgan fingerprint density at radius 3 is 2.86 bits per heavy atom. The van der Waals surface area contributed by atoms with Crippen molar-refractivity contribution >= 4 is 16.9 Å². The second-order valence-electron chi connectivity index (χ2n) is 4.89. The van der Waals surface area contributed by atoms with Crippen LogP contribution in [0.1, 0.15) is 22.8 Å². The lowest BCUT2D eigenvalue weighted by Crippen LogP contribution is -2.04. The fourth-order valence-electron chi connectivity index (χ4n) is 2.34. The van der Waals surface area contributed by atoms with Crippen molar-refractivity contribution in [1.29, 1.82) is 0 Å². The van der Waals surface area contributed by atoms with E-state index in [1.54, 1.807) is 19.2 Å². The highest BCUT2D eigenvalue weighted by molar-refractivity contribution is 5.94. The van der Waals surface area contributed by atoms with Gasteiger partial charge < -0.3 is 4.74 Å². The Balaban J connectivity index is 2.06. The minimum atomic E-state index is -0.303. The number of carbonyl (C=O) groups is 1. The lowest BCUT2D eigenvalue weighted by atomic mass is 10.1. The number of aromatic nitrogens is 2. The van der Waals surface area contributed by atoms with Crippen LogP contribution in [0.4, 0.5) is 0 Å². The van der Waals surface area contributed by atoms with E-state index in [9.17, 15) is 4.79 Å². The van der Waals surface area contributed by atoms with Crippen molar-refractivity contribution < 1.29 is 9.53 Å². The van der Waals surface area contributed by atoms with Crippen LogP contribution in [0.5, 0.6) is 0 Å². The quantitative estimate of drug-likeness (QED) is 0.690. The number of esters is 1. The van der Waals surface area contributed by atoms with E-state index in [1.165, 1.54) is 5.56 Å². The van der Waals surface area contributed by atoms with Crippen LogP contribution >= 0.6 is 0 Å². The Hall–Kier alpha value is -2.62. The van der Waals surface area contributed by atoms with Crippen molar-refractivity contribution in [2.45, 2.75) is 13.8 Å². The summed E-state index contributed by atoms with van der Waals surface area (Å²) in [5.41, 5.74) is 3.70. The molecule has 1 heterocycles. The topological polar surface area (TPSA) is 44.1 Å². The molecule has 3 aromatic rings. The summed E-state index contributed by atoms with van der Waals surface area (Å²) in [5.74, 6) is -0.303. The van der Waals surface area contributed by atoms with Crippen molar-refractivity contribution in [2.24, 2.45) is 0 Å². The second-order valence-corrected chi connectivity index (χ2v) is 4.89. The fourth-order valence-corrected chi connectivity index (χ4v) is 2.34. The smallest absolute Gasteiger partial charge is 0.338 e. The summed E-state index contributed by atoms with van der Waals surface area (Å²) in [7, 11) is 0. The third kappa shape index (κ3) is 2.52. The Morgan fingerprint density at radius 2 is 2.10 bits per heavy atom. The molecule has 0 saturated heterocycles. The van der Waals surface area contributed by atoms with Gasteiger partial charge in [-0.1, -0.05) is 12.1 Å². The van der Waals surface area contributed by atoms with Gasteiger partial charge in [-0.2, -0.15) is 5.10 Å². The maximum atomic E-state index is 11.8. The highest BCUT2D eigenvalue weighted by atomic mass is 16.5. The Kier molecular flexibility index (Phi) is 3.44. The molecule has 106 valence electrons. The third-order valence-electron chi connectivity index (χ3n) is 3.33. The molecule has 4 nitrogen and oxygen atoms in total. The summed E-state index contributed by atoms with van der Waals surface area (Å²) in [4.78, 5) is 11.8. The zero-order valence-electron chi connectivity index (χ0n) is 12.0. The van der Waals surface area contributed by atoms with E-state index in [4.69, 9.17) is 4.74 Å². The molecule has 0 bridgehead atoms. The Labute approximate surface area is 123 Å². The monoisotopic (exact) mass is 280 g/mol. The molecule has 1 aromatic heterocycles. The molecule has 0 fully saturated rings. The standard InChI is InChI=1S/C17H16N2O2/c1-3-21-17(20)13-7-8-16-14(10-13)11-18-19(16)15-6-4-5-12(2)9-15/h4-11H,3H2,1-2H3. The van der Waals surface area contributed by atoms with Crippen molar-refractivity contribution in [1.82, 2.24) is 9.78 Å². The van der Waals surface area contributed by atoms with Crippen LogP contribution in [0.2, 0.25) is 0 Å². The molecule has 0 amide bonds. The summed E-state index contributed by atoms with van der Waals surface area (Å²) < 4.78 is 6.89. The number of carbonyl (C=O) groups excluding carboxylic acids is 1.